The predicted octanol–water partition coefficient (Wildman–Crippen LogP) is 3.22. The summed E-state index contributed by atoms with van der Waals surface area (Å²) in [7, 11) is 0. The Balaban J connectivity index is 1.52. The lowest BCUT2D eigenvalue weighted by atomic mass is 10.1. The van der Waals surface area contributed by atoms with Gasteiger partial charge in [0.1, 0.15) is 5.82 Å². The van der Waals surface area contributed by atoms with E-state index in [1.165, 1.54) is 32.4 Å². The van der Waals surface area contributed by atoms with Crippen molar-refractivity contribution in [2.75, 3.05) is 19.6 Å². The first-order valence-corrected chi connectivity index (χ1v) is 8.74. The second-order valence-electron chi connectivity index (χ2n) is 6.35. The van der Waals surface area contributed by atoms with Gasteiger partial charge in [-0.1, -0.05) is 18.6 Å². The molecular weight excluding hydrogens is 298 g/mol. The second kappa shape index (κ2) is 7.01. The average molecular weight is 321 g/mol. The van der Waals surface area contributed by atoms with Gasteiger partial charge in [-0.05, 0) is 44.1 Å². The lowest BCUT2D eigenvalue weighted by molar-refractivity contribution is 0.221. The molecule has 0 atom stereocenters. The third-order valence-corrected chi connectivity index (χ3v) is 4.69. The molecule has 5 heteroatoms. The SMILES string of the molecule is c1cc(-c2nccn2CCN2CCCCC2)cc(-n2cccn2)c1. The molecule has 1 fully saturated rings. The molecule has 4 rings (SSSR count). The zero-order chi connectivity index (χ0) is 16.2. The molecular formula is C19H23N5. The van der Waals surface area contributed by atoms with Gasteiger partial charge in [-0.25, -0.2) is 9.67 Å². The van der Waals surface area contributed by atoms with Gasteiger partial charge in [-0.15, -0.1) is 0 Å². The van der Waals surface area contributed by atoms with E-state index in [2.05, 4.69) is 50.0 Å². The van der Waals surface area contributed by atoms with E-state index in [9.17, 15) is 0 Å². The first-order chi connectivity index (χ1) is 11.9. The molecule has 0 saturated carbocycles. The molecule has 2 aromatic heterocycles. The van der Waals surface area contributed by atoms with Crippen molar-refractivity contribution in [2.24, 2.45) is 0 Å². The minimum Gasteiger partial charge on any atom is -0.330 e. The number of imidazole rings is 1. The van der Waals surface area contributed by atoms with E-state index in [0.29, 0.717) is 0 Å². The molecule has 5 nitrogen and oxygen atoms in total. The maximum Gasteiger partial charge on any atom is 0.139 e. The second-order valence-corrected chi connectivity index (χ2v) is 6.35. The zero-order valence-electron chi connectivity index (χ0n) is 13.9. The predicted molar refractivity (Wildman–Crippen MR) is 95.1 cm³/mol. The molecule has 0 radical (unpaired) electrons. The summed E-state index contributed by atoms with van der Waals surface area (Å²) >= 11 is 0. The Morgan fingerprint density at radius 3 is 2.67 bits per heavy atom. The minimum atomic E-state index is 0.987. The normalized spacial score (nSPS) is 15.7. The molecule has 1 aliphatic heterocycles. The third kappa shape index (κ3) is 3.26. The highest BCUT2D eigenvalue weighted by Crippen LogP contribution is 2.21. The van der Waals surface area contributed by atoms with Crippen LogP contribution in [0.15, 0.2) is 55.1 Å². The van der Waals surface area contributed by atoms with Gasteiger partial charge in [-0.3, -0.25) is 0 Å². The van der Waals surface area contributed by atoms with Crippen LogP contribution in [0.3, 0.4) is 0 Å². The van der Waals surface area contributed by atoms with Gasteiger partial charge in [0.05, 0.1) is 5.69 Å². The summed E-state index contributed by atoms with van der Waals surface area (Å²) in [5.74, 6) is 1.03. The Morgan fingerprint density at radius 2 is 1.83 bits per heavy atom. The first-order valence-electron chi connectivity index (χ1n) is 8.74. The standard InChI is InChI=1S/C19H23N5/c1-2-10-22(11-3-1)14-15-23-13-9-20-19(23)17-6-4-7-18(16-17)24-12-5-8-21-24/h4-9,12-13,16H,1-3,10-11,14-15H2. The van der Waals surface area contributed by atoms with Gasteiger partial charge in [0.25, 0.3) is 0 Å². The van der Waals surface area contributed by atoms with E-state index >= 15 is 0 Å². The maximum absolute atomic E-state index is 4.59. The minimum absolute atomic E-state index is 0.987. The van der Waals surface area contributed by atoms with Crippen LogP contribution < -0.4 is 0 Å². The first kappa shape index (κ1) is 15.1. The number of aromatic nitrogens is 4. The molecule has 0 unspecified atom stereocenters. The smallest absolute Gasteiger partial charge is 0.139 e. The molecule has 0 amide bonds. The van der Waals surface area contributed by atoms with Crippen molar-refractivity contribution in [1.29, 1.82) is 0 Å². The quantitative estimate of drug-likeness (QED) is 0.724. The van der Waals surface area contributed by atoms with Crippen LogP contribution in [0.2, 0.25) is 0 Å². The van der Waals surface area contributed by atoms with Crippen LogP contribution in [0.5, 0.6) is 0 Å². The zero-order valence-corrected chi connectivity index (χ0v) is 13.9. The summed E-state index contributed by atoms with van der Waals surface area (Å²) in [5.41, 5.74) is 2.19. The number of likely N-dealkylation sites (tertiary alicyclic amines) is 1. The van der Waals surface area contributed by atoms with Crippen molar-refractivity contribution >= 4 is 0 Å². The van der Waals surface area contributed by atoms with Crippen molar-refractivity contribution < 1.29 is 0 Å². The lowest BCUT2D eigenvalue weighted by Crippen LogP contribution is -2.32. The number of rotatable bonds is 5. The van der Waals surface area contributed by atoms with Crippen molar-refractivity contribution in [2.45, 2.75) is 25.8 Å². The summed E-state index contributed by atoms with van der Waals surface area (Å²) in [6.07, 6.45) is 11.8. The fourth-order valence-corrected chi connectivity index (χ4v) is 3.39. The number of nitrogens with zero attached hydrogens (tertiary/aromatic N) is 5. The van der Waals surface area contributed by atoms with Crippen LogP contribution in [-0.2, 0) is 6.54 Å². The van der Waals surface area contributed by atoms with Crippen molar-refractivity contribution in [3.05, 3.63) is 55.1 Å². The summed E-state index contributed by atoms with van der Waals surface area (Å²) in [6.45, 7) is 4.56. The molecule has 1 aliphatic rings. The van der Waals surface area contributed by atoms with Crippen LogP contribution in [0.4, 0.5) is 0 Å². The van der Waals surface area contributed by atoms with Crippen molar-refractivity contribution in [3.8, 4) is 17.1 Å². The Kier molecular flexibility index (Phi) is 4.42. The molecule has 1 aromatic carbocycles. The Bertz CT molecular complexity index is 769. The van der Waals surface area contributed by atoms with E-state index in [1.54, 1.807) is 6.20 Å². The van der Waals surface area contributed by atoms with Gasteiger partial charge < -0.3 is 9.47 Å². The molecule has 124 valence electrons. The van der Waals surface area contributed by atoms with Crippen LogP contribution in [-0.4, -0.2) is 43.9 Å². The maximum atomic E-state index is 4.59. The van der Waals surface area contributed by atoms with Crippen molar-refractivity contribution in [1.82, 2.24) is 24.2 Å². The van der Waals surface area contributed by atoms with Crippen molar-refractivity contribution in [3.63, 3.8) is 0 Å². The van der Waals surface area contributed by atoms with Crippen LogP contribution >= 0.6 is 0 Å². The fraction of sp³-hybridized carbons (Fsp3) is 0.368. The fourth-order valence-electron chi connectivity index (χ4n) is 3.39. The molecule has 0 N–H and O–H groups in total. The van der Waals surface area contributed by atoms with Crippen LogP contribution in [0.1, 0.15) is 19.3 Å². The van der Waals surface area contributed by atoms with Crippen LogP contribution in [0.25, 0.3) is 17.1 Å². The van der Waals surface area contributed by atoms with Crippen LogP contribution in [0, 0.1) is 0 Å². The molecule has 0 bridgehead atoms. The van der Waals surface area contributed by atoms with Gasteiger partial charge in [0, 0.05) is 43.4 Å². The Hall–Kier alpha value is -2.40. The van der Waals surface area contributed by atoms with Gasteiger partial charge in [-0.2, -0.15) is 5.10 Å². The molecule has 0 aliphatic carbocycles. The molecule has 0 spiro atoms. The van der Waals surface area contributed by atoms with Gasteiger partial charge in [0.15, 0.2) is 0 Å². The van der Waals surface area contributed by atoms with Gasteiger partial charge in [0.2, 0.25) is 0 Å². The topological polar surface area (TPSA) is 38.9 Å². The Labute approximate surface area is 142 Å². The summed E-state index contributed by atoms with van der Waals surface area (Å²) < 4.78 is 4.14. The monoisotopic (exact) mass is 321 g/mol. The number of hydrogen-bond donors (Lipinski definition) is 0. The highest BCUT2D eigenvalue weighted by molar-refractivity contribution is 5.59. The van der Waals surface area contributed by atoms with E-state index in [-0.39, 0.29) is 0 Å². The Morgan fingerprint density at radius 1 is 0.917 bits per heavy atom. The van der Waals surface area contributed by atoms with E-state index in [0.717, 1.165) is 30.2 Å². The molecule has 24 heavy (non-hydrogen) atoms. The largest absolute Gasteiger partial charge is 0.330 e. The molecule has 3 aromatic rings. The lowest BCUT2D eigenvalue weighted by Gasteiger charge is -2.26. The average Bonchev–Trinajstić information content (AvgIpc) is 3.33. The summed E-state index contributed by atoms with van der Waals surface area (Å²) in [5, 5.41) is 4.31. The van der Waals surface area contributed by atoms with E-state index in [4.69, 9.17) is 0 Å². The van der Waals surface area contributed by atoms with E-state index in [1.807, 2.05) is 23.1 Å². The number of piperidine rings is 1. The number of benzene rings is 1. The third-order valence-electron chi connectivity index (χ3n) is 4.69. The molecule has 3 heterocycles. The summed E-state index contributed by atoms with van der Waals surface area (Å²) in [6, 6.07) is 10.3. The highest BCUT2D eigenvalue weighted by Gasteiger charge is 2.12. The van der Waals surface area contributed by atoms with E-state index < -0.39 is 0 Å². The van der Waals surface area contributed by atoms with Gasteiger partial charge >= 0.3 is 0 Å². The number of hydrogen-bond acceptors (Lipinski definition) is 3. The molecule has 1 saturated heterocycles. The summed E-state index contributed by atoms with van der Waals surface area (Å²) in [4.78, 5) is 7.15. The highest BCUT2D eigenvalue weighted by atomic mass is 15.3.